The van der Waals surface area contributed by atoms with Crippen molar-refractivity contribution in [3.63, 3.8) is 0 Å². The van der Waals surface area contributed by atoms with Gasteiger partial charge in [-0.3, -0.25) is 9.80 Å². The summed E-state index contributed by atoms with van der Waals surface area (Å²) in [6, 6.07) is 2.45. The van der Waals surface area contributed by atoms with E-state index in [0.29, 0.717) is 26.1 Å². The molecule has 3 heterocycles. The number of hydrogen-bond donors (Lipinski definition) is 2. The highest BCUT2D eigenvalue weighted by Crippen LogP contribution is 2.39. The average Bonchev–Trinajstić information content (AvgIpc) is 3.24. The number of imidazole rings is 1. The van der Waals surface area contributed by atoms with Crippen LogP contribution in [0.15, 0.2) is 24.5 Å². The van der Waals surface area contributed by atoms with Gasteiger partial charge in [0.05, 0.1) is 30.4 Å². The lowest BCUT2D eigenvalue weighted by Crippen LogP contribution is -2.58. The van der Waals surface area contributed by atoms with Crippen LogP contribution < -0.4 is 0 Å². The lowest BCUT2D eigenvalue weighted by atomic mass is 9.88. The predicted octanol–water partition coefficient (Wildman–Crippen LogP) is 3.68. The number of carboxylic acid groups (broad SMARTS) is 1. The molecule has 0 aliphatic carbocycles. The number of carbonyl (C=O) groups is 1. The molecule has 0 saturated carbocycles. The number of aromatic amines is 1. The third kappa shape index (κ3) is 3.79. The topological polar surface area (TPSA) is 81.7 Å². The van der Waals surface area contributed by atoms with E-state index in [1.165, 1.54) is 4.90 Å². The van der Waals surface area contributed by atoms with Gasteiger partial charge in [-0.1, -0.05) is 0 Å². The second-order valence-electron chi connectivity index (χ2n) is 8.93. The van der Waals surface area contributed by atoms with E-state index in [4.69, 9.17) is 4.74 Å². The Labute approximate surface area is 173 Å². The van der Waals surface area contributed by atoms with Crippen molar-refractivity contribution in [3.05, 3.63) is 53.1 Å². The summed E-state index contributed by atoms with van der Waals surface area (Å²) >= 11 is 0. The van der Waals surface area contributed by atoms with Crippen LogP contribution in [-0.2, 0) is 17.8 Å². The Balaban J connectivity index is 1.66. The van der Waals surface area contributed by atoms with Crippen LogP contribution >= 0.6 is 0 Å². The fourth-order valence-corrected chi connectivity index (χ4v) is 4.58. The van der Waals surface area contributed by atoms with Crippen LogP contribution in [0.25, 0.3) is 0 Å². The standard InChI is InChI=1S/C21H26F2N4O3/c1-21(2,3)27(20(28)29)18-7-13(26-8-16-17(9-26)25-11-24-16)10-30-19(18)14-6-12(22)4-5-15(14)23/h4-6,11,13,18-19H,7-10H2,1-3H3,(H,24,25)(H,28,29)/t13-,18+,19-/m1/s1. The van der Waals surface area contributed by atoms with E-state index in [9.17, 15) is 18.7 Å². The lowest BCUT2D eigenvalue weighted by molar-refractivity contribution is -0.103. The van der Waals surface area contributed by atoms with Gasteiger partial charge in [-0.15, -0.1) is 0 Å². The smallest absolute Gasteiger partial charge is 0.408 e. The van der Waals surface area contributed by atoms with Gasteiger partial charge >= 0.3 is 6.09 Å². The summed E-state index contributed by atoms with van der Waals surface area (Å²) in [6.45, 7) is 6.95. The maximum absolute atomic E-state index is 14.6. The number of H-pyrrole nitrogens is 1. The van der Waals surface area contributed by atoms with E-state index in [1.54, 1.807) is 27.1 Å². The second kappa shape index (κ2) is 7.63. The van der Waals surface area contributed by atoms with Crippen molar-refractivity contribution >= 4 is 6.09 Å². The van der Waals surface area contributed by atoms with Gasteiger partial charge in [0.1, 0.15) is 17.7 Å². The summed E-state index contributed by atoms with van der Waals surface area (Å²) in [7, 11) is 0. The molecular formula is C21H26F2N4O3. The van der Waals surface area contributed by atoms with Gasteiger partial charge < -0.3 is 14.8 Å². The molecule has 2 N–H and O–H groups in total. The molecule has 1 saturated heterocycles. The Morgan fingerprint density at radius 1 is 1.33 bits per heavy atom. The minimum absolute atomic E-state index is 0.0438. The number of amides is 1. The molecule has 1 fully saturated rings. The first kappa shape index (κ1) is 20.7. The van der Waals surface area contributed by atoms with Crippen molar-refractivity contribution in [3.8, 4) is 0 Å². The third-order valence-electron chi connectivity index (χ3n) is 5.89. The third-order valence-corrected chi connectivity index (χ3v) is 5.89. The first-order valence-electron chi connectivity index (χ1n) is 9.99. The van der Waals surface area contributed by atoms with E-state index >= 15 is 0 Å². The molecule has 30 heavy (non-hydrogen) atoms. The number of nitrogens with one attached hydrogen (secondary N) is 1. The molecule has 0 spiro atoms. The van der Waals surface area contributed by atoms with Crippen molar-refractivity contribution < 1.29 is 23.4 Å². The number of rotatable bonds is 3. The molecule has 2 aliphatic heterocycles. The summed E-state index contributed by atoms with van der Waals surface area (Å²) in [5.41, 5.74) is 1.30. The number of ether oxygens (including phenoxy) is 1. The molecule has 2 aromatic rings. The van der Waals surface area contributed by atoms with Crippen LogP contribution in [0, 0.1) is 11.6 Å². The van der Waals surface area contributed by atoms with Crippen molar-refractivity contribution in [2.24, 2.45) is 0 Å². The SMILES string of the molecule is CC(C)(C)N(C(=O)O)[C@H]1C[C@@H](N2Cc3nc[nH]c3C2)CO[C@@H]1c1cc(F)ccc1F. The molecule has 4 rings (SSSR count). The fraction of sp³-hybridized carbons (Fsp3) is 0.524. The molecule has 0 bridgehead atoms. The number of benzene rings is 1. The van der Waals surface area contributed by atoms with Gasteiger partial charge in [-0.2, -0.15) is 0 Å². The monoisotopic (exact) mass is 420 g/mol. The van der Waals surface area contributed by atoms with Crippen molar-refractivity contribution in [2.45, 2.75) is 64.0 Å². The summed E-state index contributed by atoms with van der Waals surface area (Å²) in [5, 5.41) is 9.98. The van der Waals surface area contributed by atoms with E-state index in [1.807, 2.05) is 0 Å². The Morgan fingerprint density at radius 2 is 2.10 bits per heavy atom. The van der Waals surface area contributed by atoms with Crippen LogP contribution in [0.2, 0.25) is 0 Å². The van der Waals surface area contributed by atoms with Crippen molar-refractivity contribution in [1.82, 2.24) is 19.8 Å². The van der Waals surface area contributed by atoms with Gasteiger partial charge in [0, 0.05) is 30.2 Å². The van der Waals surface area contributed by atoms with E-state index in [2.05, 4.69) is 14.9 Å². The summed E-state index contributed by atoms with van der Waals surface area (Å²) in [4.78, 5) is 23.1. The minimum Gasteiger partial charge on any atom is -0.465 e. The van der Waals surface area contributed by atoms with Crippen LogP contribution in [-0.4, -0.2) is 55.2 Å². The summed E-state index contributed by atoms with van der Waals surface area (Å²) in [5.74, 6) is -1.19. The van der Waals surface area contributed by atoms with E-state index < -0.39 is 35.4 Å². The highest BCUT2D eigenvalue weighted by Gasteiger charge is 2.45. The zero-order chi connectivity index (χ0) is 21.6. The number of halogens is 2. The zero-order valence-electron chi connectivity index (χ0n) is 17.2. The molecule has 1 aromatic carbocycles. The number of aromatic nitrogens is 2. The molecule has 0 unspecified atom stereocenters. The first-order valence-corrected chi connectivity index (χ1v) is 9.99. The largest absolute Gasteiger partial charge is 0.465 e. The molecule has 9 heteroatoms. The van der Waals surface area contributed by atoms with Crippen LogP contribution in [0.4, 0.5) is 13.6 Å². The maximum Gasteiger partial charge on any atom is 0.408 e. The van der Waals surface area contributed by atoms with Crippen molar-refractivity contribution in [2.75, 3.05) is 6.61 Å². The molecule has 7 nitrogen and oxygen atoms in total. The normalized spacial score (nSPS) is 24.6. The van der Waals surface area contributed by atoms with Crippen LogP contribution in [0.1, 0.15) is 50.2 Å². The Hall–Kier alpha value is -2.52. The molecule has 0 radical (unpaired) electrons. The Morgan fingerprint density at radius 3 is 2.77 bits per heavy atom. The quantitative estimate of drug-likeness (QED) is 0.792. The minimum atomic E-state index is -1.12. The molecule has 3 atom stereocenters. The van der Waals surface area contributed by atoms with E-state index in [0.717, 1.165) is 29.6 Å². The molecule has 2 aliphatic rings. The van der Waals surface area contributed by atoms with Gasteiger partial charge in [-0.05, 0) is 45.4 Å². The highest BCUT2D eigenvalue weighted by atomic mass is 19.1. The number of fused-ring (bicyclic) bond motifs is 1. The molecule has 1 aromatic heterocycles. The Bertz CT molecular complexity index is 922. The summed E-state index contributed by atoms with van der Waals surface area (Å²) in [6.07, 6.45) is 0.0863. The maximum atomic E-state index is 14.6. The summed E-state index contributed by atoms with van der Waals surface area (Å²) < 4.78 is 34.5. The average molecular weight is 420 g/mol. The first-order chi connectivity index (χ1) is 14.1. The predicted molar refractivity (Wildman–Crippen MR) is 105 cm³/mol. The number of hydrogen-bond acceptors (Lipinski definition) is 4. The van der Waals surface area contributed by atoms with Gasteiger partial charge in [0.2, 0.25) is 0 Å². The van der Waals surface area contributed by atoms with Crippen molar-refractivity contribution in [1.29, 1.82) is 0 Å². The highest BCUT2D eigenvalue weighted by molar-refractivity contribution is 5.66. The zero-order valence-corrected chi connectivity index (χ0v) is 17.2. The van der Waals surface area contributed by atoms with Crippen LogP contribution in [0.3, 0.4) is 0 Å². The number of nitrogens with zero attached hydrogens (tertiary/aromatic N) is 3. The Kier molecular flexibility index (Phi) is 5.27. The van der Waals surface area contributed by atoms with Gasteiger partial charge in [-0.25, -0.2) is 18.6 Å². The van der Waals surface area contributed by atoms with Gasteiger partial charge in [0.25, 0.3) is 0 Å². The molecule has 162 valence electrons. The molecular weight excluding hydrogens is 394 g/mol. The van der Waals surface area contributed by atoms with E-state index in [-0.39, 0.29) is 11.6 Å². The van der Waals surface area contributed by atoms with Gasteiger partial charge in [0.15, 0.2) is 0 Å². The van der Waals surface area contributed by atoms with Crippen LogP contribution in [0.5, 0.6) is 0 Å². The fourth-order valence-electron chi connectivity index (χ4n) is 4.58. The lowest BCUT2D eigenvalue weighted by Gasteiger charge is -2.48. The second-order valence-corrected chi connectivity index (χ2v) is 8.93. The molecule has 1 amide bonds.